The lowest BCUT2D eigenvalue weighted by molar-refractivity contribution is 0.0760. The van der Waals surface area contributed by atoms with E-state index in [1.165, 1.54) is 9.80 Å². The number of pyridine rings is 1. The highest BCUT2D eigenvalue weighted by Gasteiger charge is 2.18. The van der Waals surface area contributed by atoms with Crippen molar-refractivity contribution < 1.29 is 19.1 Å². The van der Waals surface area contributed by atoms with Crippen LogP contribution in [0.25, 0.3) is 0 Å². The van der Waals surface area contributed by atoms with Gasteiger partial charge in [0.25, 0.3) is 11.8 Å². The first-order valence-corrected chi connectivity index (χ1v) is 11.2. The highest BCUT2D eigenvalue weighted by Crippen LogP contribution is 2.13. The molecule has 0 unspecified atom stereocenters. The van der Waals surface area contributed by atoms with Crippen LogP contribution in [0.15, 0.2) is 66.7 Å². The maximum absolute atomic E-state index is 12.8. The van der Waals surface area contributed by atoms with Gasteiger partial charge in [-0.3, -0.25) is 9.59 Å². The Morgan fingerprint density at radius 1 is 0.676 bits per heavy atom. The summed E-state index contributed by atoms with van der Waals surface area (Å²) < 4.78 is 11.4. The minimum absolute atomic E-state index is 0.216. The number of benzene rings is 2. The van der Waals surface area contributed by atoms with Gasteiger partial charge in [0.15, 0.2) is 0 Å². The van der Waals surface area contributed by atoms with Gasteiger partial charge in [-0.2, -0.15) is 0 Å². The van der Waals surface area contributed by atoms with Crippen LogP contribution < -0.4 is 9.47 Å². The van der Waals surface area contributed by atoms with Gasteiger partial charge < -0.3 is 19.3 Å². The Morgan fingerprint density at radius 2 is 1.06 bits per heavy atom. The van der Waals surface area contributed by atoms with Crippen LogP contribution >= 0.6 is 0 Å². The molecule has 0 atom stereocenters. The van der Waals surface area contributed by atoms with Gasteiger partial charge in [-0.25, -0.2) is 4.98 Å². The molecule has 2 aromatic carbocycles. The molecular formula is C27H31N3O4. The lowest BCUT2D eigenvalue weighted by Gasteiger charge is -2.19. The Bertz CT molecular complexity index is 1010. The van der Waals surface area contributed by atoms with Crippen LogP contribution in [-0.4, -0.2) is 67.0 Å². The first-order chi connectivity index (χ1) is 16.3. The summed E-state index contributed by atoms with van der Waals surface area (Å²) in [7, 11) is 3.37. The molecule has 2 amide bonds. The molecule has 34 heavy (non-hydrogen) atoms. The second kappa shape index (κ2) is 11.8. The van der Waals surface area contributed by atoms with Crippen LogP contribution in [0.2, 0.25) is 0 Å². The zero-order valence-corrected chi connectivity index (χ0v) is 20.2. The normalized spacial score (nSPS) is 10.5. The minimum Gasteiger partial charge on any atom is -0.492 e. The molecular weight excluding hydrogens is 430 g/mol. The Morgan fingerprint density at radius 3 is 1.44 bits per heavy atom. The molecule has 0 spiro atoms. The van der Waals surface area contributed by atoms with Crippen molar-refractivity contribution in [3.05, 3.63) is 89.2 Å². The third-order valence-corrected chi connectivity index (χ3v) is 5.31. The molecule has 0 aliphatic carbocycles. The summed E-state index contributed by atoms with van der Waals surface area (Å²) in [5, 5.41) is 0. The molecule has 3 rings (SSSR count). The van der Waals surface area contributed by atoms with E-state index >= 15 is 0 Å². The first kappa shape index (κ1) is 24.8. The average Bonchev–Trinajstić information content (AvgIpc) is 2.85. The Kier molecular flexibility index (Phi) is 8.62. The molecule has 0 aliphatic rings. The average molecular weight is 462 g/mol. The van der Waals surface area contributed by atoms with Gasteiger partial charge >= 0.3 is 0 Å². The van der Waals surface area contributed by atoms with E-state index in [0.717, 1.165) is 22.6 Å². The standard InChI is InChI=1S/C27H31N3O4/c1-20-8-12-22(13-9-20)33-18-16-29(3)26(31)24-6-5-7-25(28-24)27(32)30(4)17-19-34-23-14-10-21(2)11-15-23/h5-15H,16-19H2,1-4H3. The van der Waals surface area contributed by atoms with Gasteiger partial charge in [-0.15, -0.1) is 0 Å². The number of aryl methyl sites for hydroxylation is 2. The smallest absolute Gasteiger partial charge is 0.272 e. The lowest BCUT2D eigenvalue weighted by atomic mass is 10.2. The molecule has 1 heterocycles. The molecule has 3 aromatic rings. The summed E-state index contributed by atoms with van der Waals surface area (Å²) in [4.78, 5) is 33.0. The van der Waals surface area contributed by atoms with Crippen molar-refractivity contribution in [3.8, 4) is 11.5 Å². The molecule has 7 heteroatoms. The summed E-state index contributed by atoms with van der Waals surface area (Å²) in [6.45, 7) is 5.52. The molecule has 0 fully saturated rings. The SMILES string of the molecule is Cc1ccc(OCCN(C)C(=O)c2cccc(C(=O)N(C)CCOc3ccc(C)cc3)n2)cc1. The van der Waals surface area contributed by atoms with Crippen LogP contribution in [0, 0.1) is 13.8 Å². The second-order valence-corrected chi connectivity index (χ2v) is 8.18. The number of hydrogen-bond donors (Lipinski definition) is 0. The van der Waals surface area contributed by atoms with Gasteiger partial charge in [0.2, 0.25) is 0 Å². The number of rotatable bonds is 10. The van der Waals surface area contributed by atoms with Gasteiger partial charge in [0, 0.05) is 14.1 Å². The number of hydrogen-bond acceptors (Lipinski definition) is 5. The monoisotopic (exact) mass is 461 g/mol. The van der Waals surface area contributed by atoms with Crippen LogP contribution in [0.4, 0.5) is 0 Å². The number of likely N-dealkylation sites (N-methyl/N-ethyl adjacent to an activating group) is 2. The summed E-state index contributed by atoms with van der Waals surface area (Å²) in [6, 6.07) is 20.4. The molecule has 0 saturated carbocycles. The molecule has 178 valence electrons. The summed E-state index contributed by atoms with van der Waals surface area (Å²) >= 11 is 0. The van der Waals surface area contributed by atoms with Crippen LogP contribution in [0.1, 0.15) is 32.1 Å². The maximum atomic E-state index is 12.8. The van der Waals surface area contributed by atoms with Crippen LogP contribution in [-0.2, 0) is 0 Å². The summed E-state index contributed by atoms with van der Waals surface area (Å²) in [6.07, 6.45) is 0. The fraction of sp³-hybridized carbons (Fsp3) is 0.296. The molecule has 1 aromatic heterocycles. The van der Waals surface area contributed by atoms with Gasteiger partial charge in [0.05, 0.1) is 13.1 Å². The number of amides is 2. The number of aromatic nitrogens is 1. The van der Waals surface area contributed by atoms with E-state index in [-0.39, 0.29) is 23.2 Å². The van der Waals surface area contributed by atoms with Crippen molar-refractivity contribution >= 4 is 11.8 Å². The molecule has 0 saturated heterocycles. The largest absolute Gasteiger partial charge is 0.492 e. The Labute approximate surface area is 200 Å². The van der Waals surface area contributed by atoms with Crippen molar-refractivity contribution in [2.24, 2.45) is 0 Å². The van der Waals surface area contributed by atoms with E-state index < -0.39 is 0 Å². The van der Waals surface area contributed by atoms with E-state index in [9.17, 15) is 9.59 Å². The van der Waals surface area contributed by atoms with E-state index in [2.05, 4.69) is 4.98 Å². The number of carbonyl (C=O) groups is 2. The topological polar surface area (TPSA) is 72.0 Å². The molecule has 0 bridgehead atoms. The van der Waals surface area contributed by atoms with Gasteiger partial charge in [0.1, 0.15) is 36.1 Å². The first-order valence-electron chi connectivity index (χ1n) is 11.2. The third kappa shape index (κ3) is 7.07. The molecule has 0 N–H and O–H groups in total. The number of carbonyl (C=O) groups excluding carboxylic acids is 2. The molecule has 0 aliphatic heterocycles. The third-order valence-electron chi connectivity index (χ3n) is 5.31. The van der Waals surface area contributed by atoms with Gasteiger partial charge in [-0.05, 0) is 50.2 Å². The van der Waals surface area contributed by atoms with Crippen molar-refractivity contribution in [1.82, 2.24) is 14.8 Å². The Balaban J connectivity index is 1.50. The van der Waals surface area contributed by atoms with E-state index in [1.807, 2.05) is 62.4 Å². The maximum Gasteiger partial charge on any atom is 0.272 e. The predicted molar refractivity (Wildman–Crippen MR) is 132 cm³/mol. The number of nitrogens with zero attached hydrogens (tertiary/aromatic N) is 3. The van der Waals surface area contributed by atoms with E-state index in [1.54, 1.807) is 32.3 Å². The fourth-order valence-corrected chi connectivity index (χ4v) is 3.14. The van der Waals surface area contributed by atoms with Crippen LogP contribution in [0.5, 0.6) is 11.5 Å². The zero-order valence-electron chi connectivity index (χ0n) is 20.2. The second-order valence-electron chi connectivity index (χ2n) is 8.18. The fourth-order valence-electron chi connectivity index (χ4n) is 3.14. The number of ether oxygens (including phenoxy) is 2. The lowest BCUT2D eigenvalue weighted by Crippen LogP contribution is -2.33. The van der Waals surface area contributed by atoms with Crippen molar-refractivity contribution in [3.63, 3.8) is 0 Å². The quantitative estimate of drug-likeness (QED) is 0.456. The summed E-state index contributed by atoms with van der Waals surface area (Å²) in [5.41, 5.74) is 2.75. The van der Waals surface area contributed by atoms with E-state index in [0.29, 0.717) is 26.3 Å². The molecule has 7 nitrogen and oxygen atoms in total. The van der Waals surface area contributed by atoms with Crippen molar-refractivity contribution in [2.75, 3.05) is 40.4 Å². The molecule has 0 radical (unpaired) electrons. The Hall–Kier alpha value is -3.87. The summed E-state index contributed by atoms with van der Waals surface area (Å²) in [5.74, 6) is 0.971. The highest BCUT2D eigenvalue weighted by atomic mass is 16.5. The van der Waals surface area contributed by atoms with Crippen molar-refractivity contribution in [1.29, 1.82) is 0 Å². The zero-order chi connectivity index (χ0) is 24.5. The van der Waals surface area contributed by atoms with Gasteiger partial charge in [-0.1, -0.05) is 41.5 Å². The van der Waals surface area contributed by atoms with E-state index in [4.69, 9.17) is 9.47 Å². The minimum atomic E-state index is -0.271. The van der Waals surface area contributed by atoms with Crippen molar-refractivity contribution in [2.45, 2.75) is 13.8 Å². The van der Waals surface area contributed by atoms with Crippen LogP contribution in [0.3, 0.4) is 0 Å². The predicted octanol–water partition coefficient (Wildman–Crippen LogP) is 4.00. The highest BCUT2D eigenvalue weighted by molar-refractivity contribution is 5.96.